The Morgan fingerprint density at radius 2 is 1.47 bits per heavy atom. The van der Waals surface area contributed by atoms with E-state index >= 15 is 0 Å². The zero-order valence-electron chi connectivity index (χ0n) is 10.8. The first-order valence-electron chi connectivity index (χ1n) is 6.52. The number of carbonyl (C=O) groups is 2. The zero-order chi connectivity index (χ0) is 12.9. The highest BCUT2D eigenvalue weighted by Crippen LogP contribution is 2.09. The predicted octanol–water partition coefficient (Wildman–Crippen LogP) is 3.73. The number of unbranched alkanes of at least 4 members (excludes halogenated alkanes) is 7. The summed E-state index contributed by atoms with van der Waals surface area (Å²) < 4.78 is 0. The predicted molar refractivity (Wildman–Crippen MR) is 69.0 cm³/mol. The molecule has 0 fully saturated rings. The van der Waals surface area contributed by atoms with Gasteiger partial charge < -0.3 is 5.11 Å². The molecule has 3 heteroatoms. The first-order valence-corrected chi connectivity index (χ1v) is 6.52. The molecule has 0 aromatic rings. The summed E-state index contributed by atoms with van der Waals surface area (Å²) in [5.41, 5.74) is 0. The van der Waals surface area contributed by atoms with E-state index in [0.29, 0.717) is 6.42 Å². The standard InChI is InChI=1S/C14H24O3/c1-13(15)11-9-7-5-3-2-4-6-8-10-12-14(16)17/h9,11H,2-8,10,12H2,1H3,(H,16,17)/b11-9+. The van der Waals surface area contributed by atoms with E-state index in [-0.39, 0.29) is 5.78 Å². The Morgan fingerprint density at radius 3 is 2.00 bits per heavy atom. The zero-order valence-corrected chi connectivity index (χ0v) is 10.8. The first kappa shape index (κ1) is 15.9. The molecule has 0 saturated carbocycles. The van der Waals surface area contributed by atoms with Crippen LogP contribution in [0, 0.1) is 0 Å². The Labute approximate surface area is 104 Å². The van der Waals surface area contributed by atoms with Crippen LogP contribution in [0.4, 0.5) is 0 Å². The molecule has 0 rings (SSSR count). The fourth-order valence-corrected chi connectivity index (χ4v) is 1.67. The van der Waals surface area contributed by atoms with E-state index in [9.17, 15) is 9.59 Å². The van der Waals surface area contributed by atoms with Gasteiger partial charge >= 0.3 is 5.97 Å². The highest BCUT2D eigenvalue weighted by Gasteiger charge is 1.96. The molecule has 3 nitrogen and oxygen atoms in total. The normalized spacial score (nSPS) is 10.9. The second-order valence-corrected chi connectivity index (χ2v) is 4.42. The molecular formula is C14H24O3. The van der Waals surface area contributed by atoms with Crippen molar-refractivity contribution in [2.45, 2.75) is 64.7 Å². The lowest BCUT2D eigenvalue weighted by molar-refractivity contribution is -0.137. The van der Waals surface area contributed by atoms with E-state index in [4.69, 9.17) is 5.11 Å². The van der Waals surface area contributed by atoms with Crippen LogP contribution in [0.3, 0.4) is 0 Å². The van der Waals surface area contributed by atoms with Crippen LogP contribution < -0.4 is 0 Å². The minimum absolute atomic E-state index is 0.114. The molecule has 1 N–H and O–H groups in total. The number of ketones is 1. The van der Waals surface area contributed by atoms with Crippen LogP contribution in [0.2, 0.25) is 0 Å². The van der Waals surface area contributed by atoms with Crippen molar-refractivity contribution in [3.63, 3.8) is 0 Å². The molecule has 0 aliphatic heterocycles. The number of hydrogen-bond donors (Lipinski definition) is 1. The van der Waals surface area contributed by atoms with E-state index in [1.54, 1.807) is 13.0 Å². The SMILES string of the molecule is CC(=O)/C=C/CCCCCCCCCC(=O)O. The molecule has 0 aliphatic carbocycles. The summed E-state index contributed by atoms with van der Waals surface area (Å²) in [6, 6.07) is 0. The molecule has 17 heavy (non-hydrogen) atoms. The van der Waals surface area contributed by atoms with Crippen LogP contribution >= 0.6 is 0 Å². The van der Waals surface area contributed by atoms with Gasteiger partial charge in [0.25, 0.3) is 0 Å². The van der Waals surface area contributed by atoms with Gasteiger partial charge in [-0.1, -0.05) is 38.2 Å². The maximum absolute atomic E-state index is 10.6. The lowest BCUT2D eigenvalue weighted by Crippen LogP contribution is -1.93. The Hall–Kier alpha value is -1.12. The topological polar surface area (TPSA) is 54.4 Å². The number of carbonyl (C=O) groups excluding carboxylic acids is 1. The Bertz CT molecular complexity index is 244. The van der Waals surface area contributed by atoms with Crippen molar-refractivity contribution in [2.24, 2.45) is 0 Å². The van der Waals surface area contributed by atoms with Gasteiger partial charge in [0.15, 0.2) is 5.78 Å². The number of carboxylic acids is 1. The maximum Gasteiger partial charge on any atom is 0.303 e. The molecule has 0 aromatic heterocycles. The van der Waals surface area contributed by atoms with Gasteiger partial charge in [0.05, 0.1) is 0 Å². The molecule has 0 bridgehead atoms. The van der Waals surface area contributed by atoms with Crippen LogP contribution in [0.25, 0.3) is 0 Å². The highest BCUT2D eigenvalue weighted by atomic mass is 16.4. The van der Waals surface area contributed by atoms with E-state index in [0.717, 1.165) is 32.1 Å². The molecule has 0 unspecified atom stereocenters. The lowest BCUT2D eigenvalue weighted by Gasteiger charge is -1.99. The molecule has 0 amide bonds. The number of hydrogen-bond acceptors (Lipinski definition) is 2. The third kappa shape index (κ3) is 14.9. The van der Waals surface area contributed by atoms with Crippen molar-refractivity contribution in [2.75, 3.05) is 0 Å². The molecule has 98 valence electrons. The Balaban J connectivity index is 3.08. The minimum Gasteiger partial charge on any atom is -0.481 e. The van der Waals surface area contributed by atoms with Gasteiger partial charge in [0.1, 0.15) is 0 Å². The fraction of sp³-hybridized carbons (Fsp3) is 0.714. The van der Waals surface area contributed by atoms with Gasteiger partial charge in [-0.15, -0.1) is 0 Å². The first-order chi connectivity index (χ1) is 8.13. The van der Waals surface area contributed by atoms with Gasteiger partial charge in [0, 0.05) is 6.42 Å². The molecule has 0 heterocycles. The van der Waals surface area contributed by atoms with Crippen LogP contribution in [0.5, 0.6) is 0 Å². The summed E-state index contributed by atoms with van der Waals surface area (Å²) in [5, 5.41) is 8.45. The van der Waals surface area contributed by atoms with E-state index < -0.39 is 5.97 Å². The average Bonchev–Trinajstić information content (AvgIpc) is 2.25. The van der Waals surface area contributed by atoms with E-state index in [2.05, 4.69) is 0 Å². The second-order valence-electron chi connectivity index (χ2n) is 4.42. The molecule has 0 radical (unpaired) electrons. The number of rotatable bonds is 11. The van der Waals surface area contributed by atoms with Crippen molar-refractivity contribution >= 4 is 11.8 Å². The number of allylic oxidation sites excluding steroid dienone is 2. The van der Waals surface area contributed by atoms with Crippen LogP contribution in [0.15, 0.2) is 12.2 Å². The summed E-state index contributed by atoms with van der Waals surface area (Å²) in [6.45, 7) is 1.56. The molecule has 0 aromatic carbocycles. The summed E-state index contributed by atoms with van der Waals surface area (Å²) in [5.74, 6) is -0.578. The highest BCUT2D eigenvalue weighted by molar-refractivity contribution is 5.87. The molecule has 0 spiro atoms. The van der Waals surface area contributed by atoms with Crippen molar-refractivity contribution in [3.8, 4) is 0 Å². The van der Waals surface area contributed by atoms with Crippen LogP contribution in [0.1, 0.15) is 64.7 Å². The summed E-state index contributed by atoms with van der Waals surface area (Å²) in [6.07, 6.45) is 12.6. The summed E-state index contributed by atoms with van der Waals surface area (Å²) in [4.78, 5) is 20.9. The van der Waals surface area contributed by atoms with Crippen molar-refractivity contribution < 1.29 is 14.7 Å². The summed E-state index contributed by atoms with van der Waals surface area (Å²) in [7, 11) is 0. The third-order valence-electron chi connectivity index (χ3n) is 2.61. The van der Waals surface area contributed by atoms with Gasteiger partial charge in [-0.05, 0) is 32.3 Å². The van der Waals surface area contributed by atoms with Crippen molar-refractivity contribution in [1.29, 1.82) is 0 Å². The summed E-state index contributed by atoms with van der Waals surface area (Å²) >= 11 is 0. The van der Waals surface area contributed by atoms with E-state index in [1.807, 2.05) is 6.08 Å². The second kappa shape index (κ2) is 11.4. The van der Waals surface area contributed by atoms with Gasteiger partial charge in [0.2, 0.25) is 0 Å². The molecule has 0 atom stereocenters. The maximum atomic E-state index is 10.6. The lowest BCUT2D eigenvalue weighted by atomic mass is 10.1. The molecule has 0 saturated heterocycles. The fourth-order valence-electron chi connectivity index (χ4n) is 1.67. The van der Waals surface area contributed by atoms with Gasteiger partial charge in [-0.25, -0.2) is 0 Å². The van der Waals surface area contributed by atoms with Crippen LogP contribution in [-0.2, 0) is 9.59 Å². The van der Waals surface area contributed by atoms with Crippen molar-refractivity contribution in [3.05, 3.63) is 12.2 Å². The van der Waals surface area contributed by atoms with Crippen molar-refractivity contribution in [1.82, 2.24) is 0 Å². The Kier molecular flexibility index (Phi) is 10.6. The van der Waals surface area contributed by atoms with Gasteiger partial charge in [-0.3, -0.25) is 9.59 Å². The number of aliphatic carboxylic acids is 1. The van der Waals surface area contributed by atoms with Crippen LogP contribution in [-0.4, -0.2) is 16.9 Å². The van der Waals surface area contributed by atoms with Gasteiger partial charge in [-0.2, -0.15) is 0 Å². The largest absolute Gasteiger partial charge is 0.481 e. The Morgan fingerprint density at radius 1 is 0.941 bits per heavy atom. The average molecular weight is 240 g/mol. The smallest absolute Gasteiger partial charge is 0.303 e. The minimum atomic E-state index is -0.692. The molecule has 0 aliphatic rings. The quantitative estimate of drug-likeness (QED) is 0.442. The van der Waals surface area contributed by atoms with E-state index in [1.165, 1.54) is 19.3 Å². The monoisotopic (exact) mass is 240 g/mol. The number of carboxylic acid groups (broad SMARTS) is 1. The third-order valence-corrected chi connectivity index (χ3v) is 2.61. The molecular weight excluding hydrogens is 216 g/mol.